The Morgan fingerprint density at radius 1 is 0.759 bits per heavy atom. The lowest BCUT2D eigenvalue weighted by molar-refractivity contribution is 0.424. The van der Waals surface area contributed by atoms with Crippen LogP contribution in [0.3, 0.4) is 0 Å². The average molecular weight is 396 g/mol. The summed E-state index contributed by atoms with van der Waals surface area (Å²) in [5.41, 5.74) is 3.66. The molecule has 0 amide bonds. The highest BCUT2D eigenvalue weighted by Crippen LogP contribution is 2.57. The van der Waals surface area contributed by atoms with Gasteiger partial charge in [0, 0.05) is 16.1 Å². The van der Waals surface area contributed by atoms with Gasteiger partial charge < -0.3 is 10.0 Å². The first kappa shape index (κ1) is 18.5. The minimum Gasteiger partial charge on any atom is -0.423 e. The van der Waals surface area contributed by atoms with Gasteiger partial charge in [-0.3, -0.25) is 0 Å². The van der Waals surface area contributed by atoms with Crippen LogP contribution in [0.2, 0.25) is 0 Å². The van der Waals surface area contributed by atoms with Gasteiger partial charge in [-0.05, 0) is 28.2 Å². The molecule has 2 nitrogen and oxygen atoms in total. The van der Waals surface area contributed by atoms with Gasteiger partial charge in [-0.2, -0.15) is 0 Å². The molecule has 142 valence electrons. The molecule has 1 heterocycles. The summed E-state index contributed by atoms with van der Waals surface area (Å²) in [5, 5.41) is 20.0. The Kier molecular flexibility index (Phi) is 4.71. The Labute approximate surface area is 175 Å². The van der Waals surface area contributed by atoms with E-state index in [4.69, 9.17) is 0 Å². The smallest absolute Gasteiger partial charge is 0.423 e. The summed E-state index contributed by atoms with van der Waals surface area (Å²) in [6.07, 6.45) is 8.86. The average Bonchev–Trinajstić information content (AvgIpc) is 2.78. The van der Waals surface area contributed by atoms with Gasteiger partial charge in [-0.1, -0.05) is 97.1 Å². The lowest BCUT2D eigenvalue weighted by Crippen LogP contribution is -2.46. The number of allylic oxidation sites excluding steroid dienone is 3. The predicted molar refractivity (Wildman–Crippen MR) is 120 cm³/mol. The SMILES string of the molecule is OB(O)c1cccc(C2(c3ccccc3)c3ccccc3SC3C=CC=CC32)c1. The molecule has 2 N–H and O–H groups in total. The number of hydrogen-bond acceptors (Lipinski definition) is 3. The third-order valence-electron chi connectivity index (χ3n) is 6.03. The molecule has 0 fully saturated rings. The zero-order valence-corrected chi connectivity index (χ0v) is 16.7. The van der Waals surface area contributed by atoms with Gasteiger partial charge in [0.05, 0.1) is 5.41 Å². The van der Waals surface area contributed by atoms with E-state index in [1.807, 2.05) is 30.0 Å². The third-order valence-corrected chi connectivity index (χ3v) is 7.36. The summed E-state index contributed by atoms with van der Waals surface area (Å²) < 4.78 is 0. The molecule has 5 rings (SSSR count). The van der Waals surface area contributed by atoms with E-state index >= 15 is 0 Å². The van der Waals surface area contributed by atoms with Gasteiger partial charge in [-0.25, -0.2) is 0 Å². The maximum Gasteiger partial charge on any atom is 0.488 e. The van der Waals surface area contributed by atoms with Crippen LogP contribution in [0, 0.1) is 5.92 Å². The lowest BCUT2D eigenvalue weighted by Gasteiger charge is -2.49. The van der Waals surface area contributed by atoms with E-state index in [2.05, 4.69) is 78.9 Å². The topological polar surface area (TPSA) is 40.5 Å². The van der Waals surface area contributed by atoms with Gasteiger partial charge >= 0.3 is 7.12 Å². The highest BCUT2D eigenvalue weighted by atomic mass is 32.2. The molecule has 4 heteroatoms. The molecular weight excluding hydrogens is 375 g/mol. The van der Waals surface area contributed by atoms with Gasteiger partial charge in [-0.15, -0.1) is 11.8 Å². The van der Waals surface area contributed by atoms with Crippen LogP contribution in [-0.2, 0) is 5.41 Å². The molecule has 3 unspecified atom stereocenters. The maximum atomic E-state index is 9.86. The van der Waals surface area contributed by atoms with Gasteiger partial charge in [0.2, 0.25) is 0 Å². The van der Waals surface area contributed by atoms with Gasteiger partial charge in [0.1, 0.15) is 0 Å². The number of hydrogen-bond donors (Lipinski definition) is 2. The largest absolute Gasteiger partial charge is 0.488 e. The first-order chi connectivity index (χ1) is 14.2. The molecule has 3 aromatic rings. The second-order valence-electron chi connectivity index (χ2n) is 7.55. The Balaban J connectivity index is 1.88. The van der Waals surface area contributed by atoms with Crippen molar-refractivity contribution in [1.82, 2.24) is 0 Å². The molecule has 3 atom stereocenters. The van der Waals surface area contributed by atoms with Crippen LogP contribution in [-0.4, -0.2) is 22.4 Å². The van der Waals surface area contributed by atoms with Crippen molar-refractivity contribution in [2.24, 2.45) is 5.92 Å². The van der Waals surface area contributed by atoms with E-state index in [1.165, 1.54) is 16.0 Å². The fourth-order valence-electron chi connectivity index (χ4n) is 4.82. The van der Waals surface area contributed by atoms with Crippen molar-refractivity contribution in [3.8, 4) is 0 Å². The first-order valence-electron chi connectivity index (χ1n) is 9.84. The van der Waals surface area contributed by atoms with Crippen LogP contribution in [0.4, 0.5) is 0 Å². The predicted octanol–water partition coefficient (Wildman–Crippen LogP) is 3.92. The van der Waals surface area contributed by atoms with Crippen molar-refractivity contribution < 1.29 is 10.0 Å². The first-order valence-corrected chi connectivity index (χ1v) is 10.7. The van der Waals surface area contributed by atoms with Crippen molar-refractivity contribution >= 4 is 24.3 Å². The monoisotopic (exact) mass is 396 g/mol. The van der Waals surface area contributed by atoms with Crippen LogP contribution in [0.1, 0.15) is 16.7 Å². The number of thioether (sulfide) groups is 1. The quantitative estimate of drug-likeness (QED) is 0.660. The van der Waals surface area contributed by atoms with Crippen molar-refractivity contribution in [2.75, 3.05) is 0 Å². The molecule has 0 bridgehead atoms. The van der Waals surface area contributed by atoms with Gasteiger partial charge in [0.15, 0.2) is 0 Å². The van der Waals surface area contributed by atoms with Crippen molar-refractivity contribution in [3.63, 3.8) is 0 Å². The fourth-order valence-corrected chi connectivity index (χ4v) is 6.24. The van der Waals surface area contributed by atoms with E-state index in [1.54, 1.807) is 6.07 Å². The highest BCUT2D eigenvalue weighted by Gasteiger charge is 2.50. The van der Waals surface area contributed by atoms with E-state index in [0.29, 0.717) is 10.7 Å². The molecule has 0 saturated carbocycles. The number of fused-ring (bicyclic) bond motifs is 2. The number of benzene rings is 3. The summed E-state index contributed by atoms with van der Waals surface area (Å²) in [5.74, 6) is 0.209. The molecule has 2 aliphatic rings. The standard InChI is InChI=1S/C25H21BO2S/c27-26(28)20-12-8-11-19(17-20)25(18-9-2-1-3-10-18)21-13-4-6-15-23(21)29-24-16-7-5-14-22(24)25/h1-17,21,23,27-28H. The molecule has 1 aliphatic carbocycles. The van der Waals surface area contributed by atoms with E-state index in [0.717, 1.165) is 5.56 Å². The lowest BCUT2D eigenvalue weighted by atomic mass is 9.59. The van der Waals surface area contributed by atoms with Crippen LogP contribution < -0.4 is 5.46 Å². The minimum atomic E-state index is -1.49. The zero-order chi connectivity index (χ0) is 19.8. The summed E-state index contributed by atoms with van der Waals surface area (Å²) in [6.45, 7) is 0. The van der Waals surface area contributed by atoms with Crippen LogP contribution in [0.25, 0.3) is 0 Å². The van der Waals surface area contributed by atoms with Gasteiger partial charge in [0.25, 0.3) is 0 Å². The molecule has 0 spiro atoms. The van der Waals surface area contributed by atoms with Crippen LogP contribution >= 0.6 is 11.8 Å². The Morgan fingerprint density at radius 2 is 1.48 bits per heavy atom. The van der Waals surface area contributed by atoms with E-state index in [9.17, 15) is 10.0 Å². The second-order valence-corrected chi connectivity index (χ2v) is 8.77. The fraction of sp³-hybridized carbons (Fsp3) is 0.120. The minimum absolute atomic E-state index is 0.209. The van der Waals surface area contributed by atoms with Crippen LogP contribution in [0.15, 0.2) is 108 Å². The summed E-state index contributed by atoms with van der Waals surface area (Å²) in [7, 11) is -1.49. The van der Waals surface area contributed by atoms with Crippen molar-refractivity contribution in [1.29, 1.82) is 0 Å². The second kappa shape index (κ2) is 7.38. The normalized spacial score (nSPS) is 24.6. The Hall–Kier alpha value is -2.53. The third kappa shape index (κ3) is 2.91. The molecule has 1 aliphatic heterocycles. The molecule has 3 aromatic carbocycles. The molecular formula is C25H21BO2S. The molecule has 0 radical (unpaired) electrons. The van der Waals surface area contributed by atoms with Crippen molar-refractivity contribution in [3.05, 3.63) is 120 Å². The van der Waals surface area contributed by atoms with E-state index in [-0.39, 0.29) is 5.92 Å². The maximum absolute atomic E-state index is 9.86. The molecule has 0 saturated heterocycles. The Morgan fingerprint density at radius 3 is 2.31 bits per heavy atom. The summed E-state index contributed by atoms with van der Waals surface area (Å²) >= 11 is 1.91. The van der Waals surface area contributed by atoms with Crippen molar-refractivity contribution in [2.45, 2.75) is 15.6 Å². The molecule has 0 aromatic heterocycles. The highest BCUT2D eigenvalue weighted by molar-refractivity contribution is 8.00. The van der Waals surface area contributed by atoms with Crippen LogP contribution in [0.5, 0.6) is 0 Å². The molecule has 29 heavy (non-hydrogen) atoms. The van der Waals surface area contributed by atoms with E-state index < -0.39 is 12.5 Å². The summed E-state index contributed by atoms with van der Waals surface area (Å²) in [4.78, 5) is 1.27. The Bertz CT molecular complexity index is 1090. The summed E-state index contributed by atoms with van der Waals surface area (Å²) in [6, 6.07) is 27.0. The zero-order valence-electron chi connectivity index (χ0n) is 15.8. The number of rotatable bonds is 3.